The maximum atomic E-state index is 11.2. The van der Waals surface area contributed by atoms with Gasteiger partial charge in [-0.1, -0.05) is 0 Å². The molecular weight excluding hydrogens is 180 g/mol. The fourth-order valence-electron chi connectivity index (χ4n) is 2.33. The summed E-state index contributed by atoms with van der Waals surface area (Å²) in [4.78, 5) is 15.4. The molecule has 0 aromatic carbocycles. The van der Waals surface area contributed by atoms with E-state index >= 15 is 0 Å². The summed E-state index contributed by atoms with van der Waals surface area (Å²) in [6.45, 7) is 4.54. The van der Waals surface area contributed by atoms with E-state index in [1.165, 1.54) is 19.4 Å². The lowest BCUT2D eigenvalue weighted by Gasteiger charge is -2.31. The molecule has 1 atom stereocenters. The highest BCUT2D eigenvalue weighted by Crippen LogP contribution is 2.17. The van der Waals surface area contributed by atoms with E-state index in [1.807, 2.05) is 4.90 Å². The molecule has 2 aliphatic rings. The summed E-state index contributed by atoms with van der Waals surface area (Å²) in [6, 6.07) is 0. The molecule has 14 heavy (non-hydrogen) atoms. The Bertz CT molecular complexity index is 220. The lowest BCUT2D eigenvalue weighted by Crippen LogP contribution is -2.39. The Morgan fingerprint density at radius 1 is 1.50 bits per heavy atom. The molecule has 4 nitrogen and oxygen atoms in total. The minimum atomic E-state index is -0.127. The topological polar surface area (TPSA) is 32.8 Å². The quantitative estimate of drug-likeness (QED) is 0.657. The van der Waals surface area contributed by atoms with Gasteiger partial charge in [-0.25, -0.2) is 4.79 Å². The lowest BCUT2D eigenvalue weighted by atomic mass is 9.98. The van der Waals surface area contributed by atoms with Crippen LogP contribution in [0, 0.1) is 5.92 Å². The van der Waals surface area contributed by atoms with Crippen LogP contribution in [0.3, 0.4) is 0 Å². The Labute approximate surface area is 84.8 Å². The van der Waals surface area contributed by atoms with Crippen LogP contribution in [0.2, 0.25) is 0 Å². The summed E-state index contributed by atoms with van der Waals surface area (Å²) >= 11 is 0. The molecule has 2 fully saturated rings. The number of carbonyl (C=O) groups excluding carboxylic acids is 1. The van der Waals surface area contributed by atoms with Crippen LogP contribution < -0.4 is 0 Å². The number of cyclic esters (lactones) is 1. The van der Waals surface area contributed by atoms with Gasteiger partial charge in [0.2, 0.25) is 0 Å². The second-order valence-corrected chi connectivity index (χ2v) is 4.33. The van der Waals surface area contributed by atoms with Gasteiger partial charge in [0.15, 0.2) is 0 Å². The summed E-state index contributed by atoms with van der Waals surface area (Å²) in [5.74, 6) is 0.638. The van der Waals surface area contributed by atoms with Crippen molar-refractivity contribution in [3.05, 3.63) is 0 Å². The smallest absolute Gasteiger partial charge is 0.409 e. The highest BCUT2D eigenvalue weighted by Gasteiger charge is 2.26. The Morgan fingerprint density at radius 2 is 2.36 bits per heavy atom. The van der Waals surface area contributed by atoms with Gasteiger partial charge in [-0.05, 0) is 32.4 Å². The van der Waals surface area contributed by atoms with E-state index in [9.17, 15) is 4.79 Å². The van der Waals surface area contributed by atoms with Gasteiger partial charge in [-0.3, -0.25) is 0 Å². The molecule has 0 aromatic heterocycles. The Kier molecular flexibility index (Phi) is 2.91. The molecule has 4 heteroatoms. The van der Waals surface area contributed by atoms with Crippen molar-refractivity contribution in [3.8, 4) is 0 Å². The Balaban J connectivity index is 1.81. The van der Waals surface area contributed by atoms with Gasteiger partial charge in [-0.15, -0.1) is 0 Å². The number of amides is 1. The highest BCUT2D eigenvalue weighted by molar-refractivity contribution is 5.69. The normalized spacial score (nSPS) is 29.4. The molecule has 2 aliphatic heterocycles. The fraction of sp³-hybridized carbons (Fsp3) is 0.900. The maximum absolute atomic E-state index is 11.2. The van der Waals surface area contributed by atoms with Crippen LogP contribution in [-0.2, 0) is 4.74 Å². The first-order valence-electron chi connectivity index (χ1n) is 5.36. The van der Waals surface area contributed by atoms with E-state index < -0.39 is 0 Å². The zero-order chi connectivity index (χ0) is 9.97. The van der Waals surface area contributed by atoms with Gasteiger partial charge in [0, 0.05) is 13.1 Å². The summed E-state index contributed by atoms with van der Waals surface area (Å²) in [5, 5.41) is 0. The number of hydrogen-bond acceptors (Lipinski definition) is 3. The van der Waals surface area contributed by atoms with Gasteiger partial charge < -0.3 is 14.5 Å². The van der Waals surface area contributed by atoms with Crippen molar-refractivity contribution in [1.82, 2.24) is 9.80 Å². The van der Waals surface area contributed by atoms with Crippen LogP contribution in [0.5, 0.6) is 0 Å². The highest BCUT2D eigenvalue weighted by atomic mass is 16.6. The number of piperidine rings is 1. The molecule has 0 aliphatic carbocycles. The molecule has 0 bridgehead atoms. The number of ether oxygens (including phenoxy) is 1. The van der Waals surface area contributed by atoms with Crippen LogP contribution in [0.25, 0.3) is 0 Å². The third kappa shape index (κ3) is 2.18. The van der Waals surface area contributed by atoms with Crippen molar-refractivity contribution in [2.24, 2.45) is 5.92 Å². The fourth-order valence-corrected chi connectivity index (χ4v) is 2.33. The van der Waals surface area contributed by atoms with E-state index in [0.717, 1.165) is 19.6 Å². The first-order valence-corrected chi connectivity index (χ1v) is 5.36. The predicted molar refractivity (Wildman–Crippen MR) is 53.1 cm³/mol. The molecule has 0 N–H and O–H groups in total. The zero-order valence-electron chi connectivity index (χ0n) is 8.74. The average Bonchev–Trinajstić information content (AvgIpc) is 2.52. The van der Waals surface area contributed by atoms with Crippen molar-refractivity contribution in [3.63, 3.8) is 0 Å². The molecule has 0 spiro atoms. The minimum Gasteiger partial charge on any atom is -0.448 e. The second kappa shape index (κ2) is 4.17. The van der Waals surface area contributed by atoms with E-state index in [4.69, 9.17) is 4.74 Å². The SMILES string of the molecule is CN1CCCC(CN2CCOC2=O)C1. The van der Waals surface area contributed by atoms with Crippen LogP contribution in [0.4, 0.5) is 4.79 Å². The maximum Gasteiger partial charge on any atom is 0.409 e. The van der Waals surface area contributed by atoms with Gasteiger partial charge in [0.25, 0.3) is 0 Å². The zero-order valence-corrected chi connectivity index (χ0v) is 8.74. The number of nitrogens with zero attached hydrogens (tertiary/aromatic N) is 2. The molecule has 2 saturated heterocycles. The Hall–Kier alpha value is -0.770. The lowest BCUT2D eigenvalue weighted by molar-refractivity contribution is 0.140. The van der Waals surface area contributed by atoms with Gasteiger partial charge in [0.1, 0.15) is 6.61 Å². The minimum absolute atomic E-state index is 0.127. The number of hydrogen-bond donors (Lipinski definition) is 0. The molecule has 0 saturated carbocycles. The number of carbonyl (C=O) groups is 1. The number of rotatable bonds is 2. The first-order chi connectivity index (χ1) is 6.75. The first kappa shape index (κ1) is 9.77. The van der Waals surface area contributed by atoms with Crippen LogP contribution in [0.15, 0.2) is 0 Å². The average molecular weight is 198 g/mol. The third-order valence-electron chi connectivity index (χ3n) is 3.05. The molecular formula is C10H18N2O2. The van der Waals surface area contributed by atoms with Crippen molar-refractivity contribution < 1.29 is 9.53 Å². The summed E-state index contributed by atoms with van der Waals surface area (Å²) in [6.07, 6.45) is 2.37. The van der Waals surface area contributed by atoms with Crippen LogP contribution in [0.1, 0.15) is 12.8 Å². The van der Waals surface area contributed by atoms with E-state index in [2.05, 4.69) is 11.9 Å². The molecule has 1 amide bonds. The van der Waals surface area contributed by atoms with Crippen LogP contribution >= 0.6 is 0 Å². The van der Waals surface area contributed by atoms with Crippen molar-refractivity contribution in [1.29, 1.82) is 0 Å². The van der Waals surface area contributed by atoms with Crippen molar-refractivity contribution >= 4 is 6.09 Å². The molecule has 0 radical (unpaired) electrons. The number of likely N-dealkylation sites (tertiary alicyclic amines) is 1. The standard InChI is InChI=1S/C10H18N2O2/c1-11-4-2-3-9(7-11)8-12-5-6-14-10(12)13/h9H,2-8H2,1H3. The van der Waals surface area contributed by atoms with Gasteiger partial charge in [-0.2, -0.15) is 0 Å². The molecule has 0 aromatic rings. The largest absolute Gasteiger partial charge is 0.448 e. The molecule has 2 rings (SSSR count). The monoisotopic (exact) mass is 198 g/mol. The molecule has 1 unspecified atom stereocenters. The molecule has 2 heterocycles. The molecule has 80 valence electrons. The van der Waals surface area contributed by atoms with Crippen LogP contribution in [-0.4, -0.2) is 55.7 Å². The van der Waals surface area contributed by atoms with Gasteiger partial charge in [0.05, 0.1) is 6.54 Å². The summed E-state index contributed by atoms with van der Waals surface area (Å²) in [5.41, 5.74) is 0. The van der Waals surface area contributed by atoms with Gasteiger partial charge >= 0.3 is 6.09 Å². The summed E-state index contributed by atoms with van der Waals surface area (Å²) in [7, 11) is 2.15. The summed E-state index contributed by atoms with van der Waals surface area (Å²) < 4.78 is 4.91. The van der Waals surface area contributed by atoms with E-state index in [1.54, 1.807) is 0 Å². The predicted octanol–water partition coefficient (Wildman–Crippen LogP) is 0.780. The van der Waals surface area contributed by atoms with Crippen molar-refractivity contribution in [2.45, 2.75) is 12.8 Å². The van der Waals surface area contributed by atoms with Crippen molar-refractivity contribution in [2.75, 3.05) is 39.8 Å². The third-order valence-corrected chi connectivity index (χ3v) is 3.05. The second-order valence-electron chi connectivity index (χ2n) is 4.33. The Morgan fingerprint density at radius 3 is 3.00 bits per heavy atom. The van der Waals surface area contributed by atoms with E-state index in [-0.39, 0.29) is 6.09 Å². The van der Waals surface area contributed by atoms with E-state index in [0.29, 0.717) is 12.5 Å².